The third-order valence-corrected chi connectivity index (χ3v) is 11.3. The molecule has 0 aliphatic carbocycles. The lowest BCUT2D eigenvalue weighted by Gasteiger charge is -2.42. The number of carbonyl (C=O) groups excluding carboxylic acids is 6. The van der Waals surface area contributed by atoms with Gasteiger partial charge in [-0.1, -0.05) is 30.7 Å². The highest BCUT2D eigenvalue weighted by atomic mass is 16.7. The minimum atomic E-state index is -0.675. The summed E-state index contributed by atoms with van der Waals surface area (Å²) in [4.78, 5) is 78.8. The quantitative estimate of drug-likeness (QED) is 0.0303. The number of epoxide rings is 1. The summed E-state index contributed by atoms with van der Waals surface area (Å²) in [6.45, 7) is 11.9. The number of likely N-dealkylation sites (N-methyl/N-ethyl adjacent to an activating group) is 1. The van der Waals surface area contributed by atoms with Crippen molar-refractivity contribution in [2.24, 2.45) is 11.0 Å². The van der Waals surface area contributed by atoms with Crippen molar-refractivity contribution in [1.29, 1.82) is 0 Å². The van der Waals surface area contributed by atoms with E-state index in [4.69, 9.17) is 28.5 Å². The van der Waals surface area contributed by atoms with Crippen LogP contribution in [0.5, 0.6) is 5.75 Å². The second-order valence-corrected chi connectivity index (χ2v) is 16.5. The lowest BCUT2D eigenvalue weighted by Crippen LogP contribution is -2.51. The SMILES string of the molecule is CC(=O)O[C@@H](C)/C=C\C(=O)N(C)[C@@H]1C[C@H](C)[C@H](C/C=C(C)/C=C/[C@@H]2C[C@]3(CO3)C[C@@H](CC(=O)N/N=C(\C)c3ccc(OCCCC(=O)ON4C(=O)CCC4=O)cc3)O2)O[C@@H]1C. The van der Waals surface area contributed by atoms with Gasteiger partial charge in [-0.15, -0.1) is 5.06 Å². The molecular formula is C45H60N4O12. The molecule has 5 rings (SSSR count). The lowest BCUT2D eigenvalue weighted by atomic mass is 9.87. The Labute approximate surface area is 357 Å². The number of nitrogens with zero attached hydrogens (tertiary/aromatic N) is 3. The highest BCUT2D eigenvalue weighted by Gasteiger charge is 2.51. The molecule has 4 heterocycles. The number of ether oxygens (including phenoxy) is 5. The fraction of sp³-hybridized carbons (Fsp3) is 0.578. The van der Waals surface area contributed by atoms with E-state index in [2.05, 4.69) is 23.5 Å². The maximum Gasteiger partial charge on any atom is 0.333 e. The van der Waals surface area contributed by atoms with Crippen molar-refractivity contribution in [3.8, 4) is 5.75 Å². The summed E-state index contributed by atoms with van der Waals surface area (Å²) >= 11 is 0. The molecule has 16 nitrogen and oxygen atoms in total. The maximum atomic E-state index is 13.0. The van der Waals surface area contributed by atoms with Crippen LogP contribution in [0.25, 0.3) is 0 Å². The predicted molar refractivity (Wildman–Crippen MR) is 222 cm³/mol. The number of imide groups is 1. The molecule has 1 aromatic carbocycles. The molecule has 0 aromatic heterocycles. The van der Waals surface area contributed by atoms with Crippen LogP contribution in [0.4, 0.5) is 0 Å². The van der Waals surface area contributed by atoms with E-state index in [1.807, 2.05) is 38.1 Å². The third-order valence-electron chi connectivity index (χ3n) is 11.3. The largest absolute Gasteiger partial charge is 0.494 e. The molecule has 4 aliphatic heterocycles. The summed E-state index contributed by atoms with van der Waals surface area (Å²) in [5.41, 5.74) is 4.83. The number of allylic oxidation sites excluding steroid dienone is 2. The van der Waals surface area contributed by atoms with Crippen molar-refractivity contribution in [1.82, 2.24) is 15.4 Å². The average molecular weight is 849 g/mol. The second kappa shape index (κ2) is 21.6. The van der Waals surface area contributed by atoms with E-state index in [-0.39, 0.29) is 86.1 Å². The van der Waals surface area contributed by atoms with Crippen molar-refractivity contribution in [3.63, 3.8) is 0 Å². The van der Waals surface area contributed by atoms with Gasteiger partial charge < -0.3 is 33.4 Å². The molecule has 1 spiro atoms. The smallest absolute Gasteiger partial charge is 0.333 e. The molecule has 1 N–H and O–H groups in total. The number of esters is 1. The van der Waals surface area contributed by atoms with Gasteiger partial charge in [0.05, 0.1) is 67.8 Å². The molecular weight excluding hydrogens is 789 g/mol. The van der Waals surface area contributed by atoms with E-state index in [1.54, 1.807) is 44.0 Å². The van der Waals surface area contributed by atoms with Crippen molar-refractivity contribution in [2.75, 3.05) is 20.3 Å². The summed E-state index contributed by atoms with van der Waals surface area (Å²) in [6, 6.07) is 7.06. The van der Waals surface area contributed by atoms with Gasteiger partial charge in [0.2, 0.25) is 11.8 Å². The fourth-order valence-corrected chi connectivity index (χ4v) is 7.66. The van der Waals surface area contributed by atoms with Crippen molar-refractivity contribution < 1.29 is 57.3 Å². The van der Waals surface area contributed by atoms with Crippen LogP contribution in [0.3, 0.4) is 0 Å². The van der Waals surface area contributed by atoms with Crippen molar-refractivity contribution in [3.05, 3.63) is 65.8 Å². The molecule has 0 bridgehead atoms. The molecule has 1 aromatic rings. The van der Waals surface area contributed by atoms with Crippen LogP contribution in [0.1, 0.15) is 105 Å². The zero-order valence-electron chi connectivity index (χ0n) is 36.3. The highest BCUT2D eigenvalue weighted by Crippen LogP contribution is 2.43. The van der Waals surface area contributed by atoms with Gasteiger partial charge in [0.25, 0.3) is 11.8 Å². The first-order valence-electron chi connectivity index (χ1n) is 21.1. The van der Waals surface area contributed by atoms with Crippen LogP contribution in [-0.4, -0.2) is 114 Å². The van der Waals surface area contributed by atoms with Gasteiger partial charge in [0, 0.05) is 45.7 Å². The highest BCUT2D eigenvalue weighted by molar-refractivity contribution is 6.01. The third kappa shape index (κ3) is 14.2. The number of benzene rings is 1. The molecule has 0 saturated carbocycles. The number of nitrogens with one attached hydrogen (secondary N) is 1. The van der Waals surface area contributed by atoms with Crippen LogP contribution in [0.15, 0.2) is 65.3 Å². The molecule has 8 atom stereocenters. The van der Waals surface area contributed by atoms with E-state index in [1.165, 1.54) is 13.0 Å². The summed E-state index contributed by atoms with van der Waals surface area (Å²) in [5.74, 6) is -1.74. The molecule has 4 saturated heterocycles. The van der Waals surface area contributed by atoms with Crippen LogP contribution in [-0.2, 0) is 52.6 Å². The Morgan fingerprint density at radius 3 is 2.41 bits per heavy atom. The molecule has 4 amide bonds. The Hall–Kier alpha value is -5.19. The van der Waals surface area contributed by atoms with E-state index < -0.39 is 29.9 Å². The van der Waals surface area contributed by atoms with E-state index >= 15 is 0 Å². The van der Waals surface area contributed by atoms with Gasteiger partial charge in [-0.2, -0.15) is 5.10 Å². The van der Waals surface area contributed by atoms with E-state index in [9.17, 15) is 28.8 Å². The zero-order valence-corrected chi connectivity index (χ0v) is 36.3. The Bertz CT molecular complexity index is 1870. The normalized spacial score (nSPS) is 27.4. The van der Waals surface area contributed by atoms with Gasteiger partial charge in [0.1, 0.15) is 11.9 Å². The molecule has 16 heteroatoms. The number of hydrazone groups is 1. The van der Waals surface area contributed by atoms with Gasteiger partial charge >= 0.3 is 11.9 Å². The van der Waals surface area contributed by atoms with Gasteiger partial charge in [0.15, 0.2) is 0 Å². The van der Waals surface area contributed by atoms with Gasteiger partial charge in [-0.25, -0.2) is 10.2 Å². The summed E-state index contributed by atoms with van der Waals surface area (Å²) in [5, 5.41) is 4.83. The number of hydrogen-bond acceptors (Lipinski definition) is 13. The first-order valence-corrected chi connectivity index (χ1v) is 21.1. The number of carbonyl (C=O) groups is 6. The molecule has 0 radical (unpaired) electrons. The number of hydroxylamine groups is 2. The molecule has 4 fully saturated rings. The Morgan fingerprint density at radius 1 is 1.03 bits per heavy atom. The molecule has 4 aliphatic rings. The minimum Gasteiger partial charge on any atom is -0.494 e. The lowest BCUT2D eigenvalue weighted by molar-refractivity contribution is -0.197. The molecule has 0 unspecified atom stereocenters. The van der Waals surface area contributed by atoms with Gasteiger partial charge in [-0.05, 0) is 88.8 Å². The van der Waals surface area contributed by atoms with Crippen molar-refractivity contribution in [2.45, 2.75) is 141 Å². The molecule has 61 heavy (non-hydrogen) atoms. The minimum absolute atomic E-state index is 0.00121. The Morgan fingerprint density at radius 2 is 1.74 bits per heavy atom. The predicted octanol–water partition coefficient (Wildman–Crippen LogP) is 5.04. The van der Waals surface area contributed by atoms with Crippen LogP contribution < -0.4 is 10.2 Å². The topological polar surface area (TPSA) is 192 Å². The maximum absolute atomic E-state index is 13.0. The molecule has 332 valence electrons. The van der Waals surface area contributed by atoms with Crippen LogP contribution in [0.2, 0.25) is 0 Å². The van der Waals surface area contributed by atoms with Crippen LogP contribution in [0, 0.1) is 5.92 Å². The van der Waals surface area contributed by atoms with Crippen molar-refractivity contribution >= 4 is 41.3 Å². The number of rotatable bonds is 18. The van der Waals surface area contributed by atoms with Crippen LogP contribution >= 0.6 is 0 Å². The Balaban J connectivity index is 1.02. The monoisotopic (exact) mass is 848 g/mol. The summed E-state index contributed by atoms with van der Waals surface area (Å²) in [6.07, 6.45) is 11.5. The fourth-order valence-electron chi connectivity index (χ4n) is 7.66. The Kier molecular flexibility index (Phi) is 16.6. The standard InChI is InChI=1S/C45H60N4O12/c1-28(11-18-39-29(2)23-38(32(5)59-39)48(7)41(52)19-12-30(3)58-33(6)50)10-15-36-25-45(27-57-45)26-37(60-36)24-40(51)47-46-31(4)34-13-16-35(17-14-34)56-22-8-9-44(55)61-49-42(53)20-21-43(49)54/h10-17,19,29-30,32,36-39H,8-9,18,20-27H2,1-7H3,(H,47,51)/b15-10+,19-12-,28-11+,46-31+/t29-,30-,32+,36+,37+,38+,39-,45+/m0/s1. The first-order chi connectivity index (χ1) is 29.0. The summed E-state index contributed by atoms with van der Waals surface area (Å²) in [7, 11) is 1.77. The second-order valence-electron chi connectivity index (χ2n) is 16.5. The number of hydrogen-bond donors (Lipinski definition) is 1. The summed E-state index contributed by atoms with van der Waals surface area (Å²) < 4.78 is 29.4. The van der Waals surface area contributed by atoms with E-state index in [0.717, 1.165) is 24.0 Å². The number of amides is 4. The van der Waals surface area contributed by atoms with E-state index in [0.29, 0.717) is 42.4 Å². The first kappa shape index (κ1) is 46.9. The van der Waals surface area contributed by atoms with Gasteiger partial charge in [-0.3, -0.25) is 24.0 Å². The average Bonchev–Trinajstić information content (AvgIpc) is 3.88. The zero-order chi connectivity index (χ0) is 44.3.